The number of carbonyl (C=O) groups is 2. The van der Waals surface area contributed by atoms with Crippen molar-refractivity contribution in [2.24, 2.45) is 0 Å². The number of aliphatic carboxylic acids is 1. The van der Waals surface area contributed by atoms with Crippen LogP contribution >= 0.6 is 22.7 Å². The molecule has 0 aliphatic heterocycles. The molecule has 1 fully saturated rings. The van der Waals surface area contributed by atoms with Crippen molar-refractivity contribution in [1.82, 2.24) is 10.1 Å². The molecule has 0 radical (unpaired) electrons. The van der Waals surface area contributed by atoms with Crippen molar-refractivity contribution in [3.05, 3.63) is 77.1 Å². The molecule has 0 spiro atoms. The molecule has 1 amide bonds. The molecule has 6 aromatic rings. The summed E-state index contributed by atoms with van der Waals surface area (Å²) >= 11 is 3.22. The highest BCUT2D eigenvalue weighted by Gasteiger charge is 2.53. The number of carboxylic acids is 1. The third kappa shape index (κ3) is 4.37. The normalized spacial score (nSPS) is 14.8. The smallest absolute Gasteiger partial charge is 0.412 e. The number of anilines is 1. The van der Waals surface area contributed by atoms with Crippen LogP contribution in [0.15, 0.2) is 69.9 Å². The van der Waals surface area contributed by atoms with Crippen molar-refractivity contribution in [1.29, 1.82) is 0 Å². The van der Waals surface area contributed by atoms with Crippen LogP contribution < -0.4 is 5.32 Å². The standard InChI is InChI=1S/C30H23N3O6S2/c1-15-25(32-29(36)38-16(2)19-4-3-5-20-26(19)31-14-37-20)27(39-33-15)18-8-6-17(7-9-18)21-12-22-23(40-21)13-24(41-22)30(10-11-30)28(34)35/h3-9,12-14,16H,10-11H2,1-2H3,(H,32,36)(H,34,35)/t16-/m0/s1. The number of hydrogen-bond donors (Lipinski definition) is 2. The zero-order valence-electron chi connectivity index (χ0n) is 22.0. The van der Waals surface area contributed by atoms with E-state index in [1.165, 1.54) is 6.39 Å². The van der Waals surface area contributed by atoms with Crippen LogP contribution in [-0.2, 0) is 14.9 Å². The van der Waals surface area contributed by atoms with Crippen LogP contribution in [0, 0.1) is 6.92 Å². The van der Waals surface area contributed by atoms with Crippen molar-refractivity contribution >= 4 is 60.9 Å². The summed E-state index contributed by atoms with van der Waals surface area (Å²) in [5.41, 5.74) is 4.07. The average Bonchev–Trinajstić information content (AvgIpc) is 3.26. The second-order valence-corrected chi connectivity index (χ2v) is 12.3. The van der Waals surface area contributed by atoms with E-state index in [-0.39, 0.29) is 0 Å². The van der Waals surface area contributed by atoms with E-state index < -0.39 is 23.6 Å². The Morgan fingerprint density at radius 1 is 1.07 bits per heavy atom. The van der Waals surface area contributed by atoms with E-state index in [1.54, 1.807) is 42.6 Å². The minimum Gasteiger partial charge on any atom is -0.481 e. The topological polar surface area (TPSA) is 128 Å². The predicted molar refractivity (Wildman–Crippen MR) is 156 cm³/mol. The van der Waals surface area contributed by atoms with Gasteiger partial charge >= 0.3 is 12.1 Å². The van der Waals surface area contributed by atoms with E-state index in [0.29, 0.717) is 41.1 Å². The van der Waals surface area contributed by atoms with Crippen LogP contribution in [-0.4, -0.2) is 27.3 Å². The van der Waals surface area contributed by atoms with Gasteiger partial charge in [0.25, 0.3) is 0 Å². The molecule has 1 saturated carbocycles. The molecule has 0 unspecified atom stereocenters. The van der Waals surface area contributed by atoms with Crippen LogP contribution in [0.3, 0.4) is 0 Å². The third-order valence-corrected chi connectivity index (χ3v) is 10.0. The lowest BCUT2D eigenvalue weighted by Crippen LogP contribution is -2.17. The maximum atomic E-state index is 12.9. The fraction of sp³-hybridized carbons (Fsp3) is 0.200. The van der Waals surface area contributed by atoms with Gasteiger partial charge in [-0.1, -0.05) is 41.6 Å². The Balaban J connectivity index is 1.08. The summed E-state index contributed by atoms with van der Waals surface area (Å²) < 4.78 is 18.8. The molecule has 9 nitrogen and oxygen atoms in total. The summed E-state index contributed by atoms with van der Waals surface area (Å²) in [5, 5.41) is 16.5. The maximum Gasteiger partial charge on any atom is 0.412 e. The number of aromatic nitrogens is 2. The molecule has 1 aliphatic carbocycles. The van der Waals surface area contributed by atoms with Crippen molar-refractivity contribution in [2.75, 3.05) is 5.32 Å². The Morgan fingerprint density at radius 2 is 1.83 bits per heavy atom. The van der Waals surface area contributed by atoms with Gasteiger partial charge in [-0.3, -0.25) is 10.1 Å². The Morgan fingerprint density at radius 3 is 2.56 bits per heavy atom. The molecular formula is C30H23N3O6S2. The predicted octanol–water partition coefficient (Wildman–Crippen LogP) is 8.16. The van der Waals surface area contributed by atoms with Gasteiger partial charge in [-0.25, -0.2) is 9.78 Å². The highest BCUT2D eigenvalue weighted by atomic mass is 32.1. The summed E-state index contributed by atoms with van der Waals surface area (Å²) in [6.45, 7) is 3.52. The van der Waals surface area contributed by atoms with Gasteiger partial charge in [-0.15, -0.1) is 22.7 Å². The lowest BCUT2D eigenvalue weighted by atomic mass is 10.1. The fourth-order valence-corrected chi connectivity index (χ4v) is 7.64. The highest BCUT2D eigenvalue weighted by molar-refractivity contribution is 7.29. The molecule has 1 aliphatic rings. The van der Waals surface area contributed by atoms with Crippen LogP contribution in [0.2, 0.25) is 0 Å². The zero-order chi connectivity index (χ0) is 28.3. The number of carbonyl (C=O) groups excluding carboxylic acids is 1. The van der Waals surface area contributed by atoms with Gasteiger partial charge in [-0.2, -0.15) is 0 Å². The van der Waals surface area contributed by atoms with Crippen molar-refractivity contribution in [3.8, 4) is 21.8 Å². The highest BCUT2D eigenvalue weighted by Crippen LogP contribution is 2.53. The van der Waals surface area contributed by atoms with Gasteiger partial charge in [0.15, 0.2) is 17.7 Å². The van der Waals surface area contributed by atoms with E-state index in [2.05, 4.69) is 21.5 Å². The van der Waals surface area contributed by atoms with Gasteiger partial charge in [0, 0.05) is 30.3 Å². The second kappa shape index (κ2) is 9.57. The SMILES string of the molecule is Cc1noc(-c2ccc(-c3cc4sc(C5(C(=O)O)CC5)cc4s3)cc2)c1NC(=O)O[C@@H](C)c1cccc2ocnc12. The third-order valence-electron chi connectivity index (χ3n) is 7.47. The number of thiophene rings is 2. The van der Waals surface area contributed by atoms with Crippen LogP contribution in [0.1, 0.15) is 42.0 Å². The lowest BCUT2D eigenvalue weighted by molar-refractivity contribution is -0.139. The summed E-state index contributed by atoms with van der Waals surface area (Å²) in [4.78, 5) is 30.8. The van der Waals surface area contributed by atoms with Gasteiger partial charge < -0.3 is 18.8 Å². The van der Waals surface area contributed by atoms with E-state index >= 15 is 0 Å². The Bertz CT molecular complexity index is 1910. The molecule has 0 bridgehead atoms. The minimum atomic E-state index is -0.731. The molecule has 2 N–H and O–H groups in total. The first-order valence-corrected chi connectivity index (χ1v) is 14.6. The monoisotopic (exact) mass is 585 g/mol. The molecule has 206 valence electrons. The molecule has 11 heteroatoms. The number of para-hydroxylation sites is 1. The van der Waals surface area contributed by atoms with Crippen molar-refractivity contribution < 1.29 is 28.4 Å². The van der Waals surface area contributed by atoms with E-state index in [4.69, 9.17) is 13.7 Å². The van der Waals surface area contributed by atoms with Gasteiger partial charge in [-0.05, 0) is 50.5 Å². The quantitative estimate of drug-likeness (QED) is 0.192. The van der Waals surface area contributed by atoms with Gasteiger partial charge in [0.1, 0.15) is 28.4 Å². The van der Waals surface area contributed by atoms with Gasteiger partial charge in [0.05, 0.1) is 0 Å². The van der Waals surface area contributed by atoms with E-state index in [9.17, 15) is 14.7 Å². The molecule has 4 aromatic heterocycles. The summed E-state index contributed by atoms with van der Waals surface area (Å²) in [7, 11) is 0. The summed E-state index contributed by atoms with van der Waals surface area (Å²) in [6, 6.07) is 17.4. The summed E-state index contributed by atoms with van der Waals surface area (Å²) in [5.74, 6) is -0.303. The number of benzene rings is 2. The van der Waals surface area contributed by atoms with Crippen molar-refractivity contribution in [3.63, 3.8) is 0 Å². The number of nitrogens with zero attached hydrogens (tertiary/aromatic N) is 2. The number of carboxylic acid groups (broad SMARTS) is 1. The Kier molecular flexibility index (Phi) is 5.95. The van der Waals surface area contributed by atoms with Gasteiger partial charge in [0.2, 0.25) is 0 Å². The second-order valence-electron chi connectivity index (χ2n) is 10.1. The van der Waals surface area contributed by atoms with Crippen LogP contribution in [0.25, 0.3) is 42.3 Å². The number of rotatable bonds is 7. The van der Waals surface area contributed by atoms with Crippen LogP contribution in [0.5, 0.6) is 0 Å². The largest absolute Gasteiger partial charge is 0.481 e. The number of oxazole rings is 1. The number of amides is 1. The molecule has 41 heavy (non-hydrogen) atoms. The molecule has 4 heterocycles. The van der Waals surface area contributed by atoms with Crippen molar-refractivity contribution in [2.45, 2.75) is 38.2 Å². The summed E-state index contributed by atoms with van der Waals surface area (Å²) in [6.07, 6.45) is 1.57. The number of aryl methyl sites for hydroxylation is 1. The Hall–Kier alpha value is -4.48. The first-order valence-electron chi connectivity index (χ1n) is 13.0. The average molecular weight is 586 g/mol. The number of ether oxygens (including phenoxy) is 1. The van der Waals surface area contributed by atoms with Crippen LogP contribution in [0.4, 0.5) is 10.5 Å². The zero-order valence-corrected chi connectivity index (χ0v) is 23.6. The lowest BCUT2D eigenvalue weighted by Gasteiger charge is -2.14. The molecule has 7 rings (SSSR count). The molecule has 0 saturated heterocycles. The fourth-order valence-electron chi connectivity index (χ4n) is 5.00. The molecule has 1 atom stereocenters. The first kappa shape index (κ1) is 25.5. The Labute approximate surface area is 241 Å². The van der Waals surface area contributed by atoms with E-state index in [0.717, 1.165) is 35.8 Å². The first-order chi connectivity index (χ1) is 19.8. The minimum absolute atomic E-state index is 0.428. The maximum absolute atomic E-state index is 12.9. The van der Waals surface area contributed by atoms with E-state index in [1.807, 2.05) is 42.5 Å². The number of hydrogen-bond acceptors (Lipinski definition) is 9. The number of nitrogens with one attached hydrogen (secondary N) is 1. The molecule has 2 aromatic carbocycles. The number of fused-ring (bicyclic) bond motifs is 2. The molecular weight excluding hydrogens is 562 g/mol.